The summed E-state index contributed by atoms with van der Waals surface area (Å²) in [5.74, 6) is -2.24. The SMILES string of the molecule is CC(C)C[C@H](NC(=O)[C@H](CO)NP(=O)(O)CNC(=O)OCc1ccccc1)C(=O)O. The van der Waals surface area contributed by atoms with Crippen LogP contribution in [0, 0.1) is 5.92 Å². The number of carbonyl (C=O) groups excluding carboxylic acids is 2. The minimum atomic E-state index is -4.29. The number of aliphatic carboxylic acids is 1. The van der Waals surface area contributed by atoms with Crippen molar-refractivity contribution in [1.29, 1.82) is 0 Å². The van der Waals surface area contributed by atoms with Crippen LogP contribution in [0.25, 0.3) is 0 Å². The molecule has 0 spiro atoms. The third kappa shape index (κ3) is 9.84. The van der Waals surface area contributed by atoms with E-state index in [1.807, 2.05) is 0 Å². The minimum absolute atomic E-state index is 0.0259. The van der Waals surface area contributed by atoms with Crippen LogP contribution in [0.1, 0.15) is 25.8 Å². The number of amides is 2. The van der Waals surface area contributed by atoms with Crippen LogP contribution in [-0.2, 0) is 25.5 Å². The highest BCUT2D eigenvalue weighted by atomic mass is 31.2. The van der Waals surface area contributed by atoms with Crippen LogP contribution in [0.3, 0.4) is 0 Å². The molecular formula is C18H28N3O8P. The van der Waals surface area contributed by atoms with Gasteiger partial charge in [0, 0.05) is 0 Å². The molecule has 0 fully saturated rings. The number of ether oxygens (including phenoxy) is 1. The lowest BCUT2D eigenvalue weighted by molar-refractivity contribution is -0.142. The molecule has 0 heterocycles. The quantitative estimate of drug-likeness (QED) is 0.252. The van der Waals surface area contributed by atoms with Gasteiger partial charge >= 0.3 is 12.1 Å². The summed E-state index contributed by atoms with van der Waals surface area (Å²) in [6.07, 6.45) is -1.56. The van der Waals surface area contributed by atoms with Gasteiger partial charge < -0.3 is 30.5 Å². The molecule has 0 aliphatic rings. The summed E-state index contributed by atoms with van der Waals surface area (Å²) in [6, 6.07) is 6.04. The second-order valence-corrected chi connectivity index (χ2v) is 8.97. The van der Waals surface area contributed by atoms with Gasteiger partial charge in [0.2, 0.25) is 5.91 Å². The maximum atomic E-state index is 12.2. The molecule has 12 heteroatoms. The molecule has 168 valence electrons. The number of benzene rings is 1. The molecule has 1 rings (SSSR count). The van der Waals surface area contributed by atoms with Gasteiger partial charge in [-0.05, 0) is 17.9 Å². The lowest BCUT2D eigenvalue weighted by Crippen LogP contribution is -2.51. The molecule has 0 bridgehead atoms. The van der Waals surface area contributed by atoms with Crippen molar-refractivity contribution in [3.8, 4) is 0 Å². The van der Waals surface area contributed by atoms with E-state index in [9.17, 15) is 34.1 Å². The lowest BCUT2D eigenvalue weighted by atomic mass is 10.0. The largest absolute Gasteiger partial charge is 0.480 e. The molecule has 1 unspecified atom stereocenters. The molecule has 1 aromatic rings. The highest BCUT2D eigenvalue weighted by molar-refractivity contribution is 7.55. The van der Waals surface area contributed by atoms with E-state index < -0.39 is 50.5 Å². The molecule has 0 radical (unpaired) electrons. The van der Waals surface area contributed by atoms with Gasteiger partial charge in [0.25, 0.3) is 7.52 Å². The van der Waals surface area contributed by atoms with Gasteiger partial charge in [-0.15, -0.1) is 0 Å². The highest BCUT2D eigenvalue weighted by Gasteiger charge is 2.31. The molecule has 30 heavy (non-hydrogen) atoms. The number of carboxylic acid groups (broad SMARTS) is 1. The number of nitrogens with one attached hydrogen (secondary N) is 3. The fourth-order valence-electron chi connectivity index (χ4n) is 2.38. The maximum Gasteiger partial charge on any atom is 0.407 e. The Morgan fingerprint density at radius 1 is 1.13 bits per heavy atom. The second-order valence-electron chi connectivity index (χ2n) is 6.99. The van der Waals surface area contributed by atoms with E-state index in [0.29, 0.717) is 0 Å². The molecule has 0 aromatic heterocycles. The average molecular weight is 445 g/mol. The number of carbonyl (C=O) groups is 3. The molecule has 11 nitrogen and oxygen atoms in total. The predicted octanol–water partition coefficient (Wildman–Crippen LogP) is 0.622. The van der Waals surface area contributed by atoms with E-state index in [-0.39, 0.29) is 18.9 Å². The summed E-state index contributed by atoms with van der Waals surface area (Å²) in [5, 5.41) is 24.9. The fourth-order valence-corrected chi connectivity index (χ4v) is 3.50. The summed E-state index contributed by atoms with van der Waals surface area (Å²) in [7, 11) is -4.29. The first-order valence-electron chi connectivity index (χ1n) is 9.22. The molecule has 3 atom stereocenters. The normalized spacial score (nSPS) is 15.0. The fraction of sp³-hybridized carbons (Fsp3) is 0.500. The van der Waals surface area contributed by atoms with Crippen LogP contribution < -0.4 is 15.7 Å². The first-order valence-corrected chi connectivity index (χ1v) is 11.1. The minimum Gasteiger partial charge on any atom is -0.480 e. The molecule has 2 amide bonds. The van der Waals surface area contributed by atoms with E-state index >= 15 is 0 Å². The maximum absolute atomic E-state index is 12.2. The van der Waals surface area contributed by atoms with Crippen molar-refractivity contribution in [2.75, 3.05) is 12.9 Å². The highest BCUT2D eigenvalue weighted by Crippen LogP contribution is 2.34. The number of carboxylic acids is 1. The lowest BCUT2D eigenvalue weighted by Gasteiger charge is -2.23. The van der Waals surface area contributed by atoms with Crippen molar-refractivity contribution < 1.29 is 38.8 Å². The molecule has 1 aromatic carbocycles. The van der Waals surface area contributed by atoms with Crippen molar-refractivity contribution in [2.45, 2.75) is 39.0 Å². The Morgan fingerprint density at radius 3 is 2.30 bits per heavy atom. The molecule has 6 N–H and O–H groups in total. The predicted molar refractivity (Wildman–Crippen MR) is 107 cm³/mol. The third-order valence-corrected chi connectivity index (χ3v) is 5.13. The Balaban J connectivity index is 2.55. The first kappa shape index (κ1) is 25.6. The van der Waals surface area contributed by atoms with Crippen LogP contribution in [0.2, 0.25) is 0 Å². The number of alkyl carbamates (subject to hydrolysis) is 1. The number of aliphatic hydroxyl groups is 1. The number of aliphatic hydroxyl groups excluding tert-OH is 1. The summed E-state index contributed by atoms with van der Waals surface area (Å²) >= 11 is 0. The zero-order valence-corrected chi connectivity index (χ0v) is 17.7. The van der Waals surface area contributed by atoms with E-state index in [1.54, 1.807) is 44.2 Å². The summed E-state index contributed by atoms with van der Waals surface area (Å²) in [6.45, 7) is 2.65. The van der Waals surface area contributed by atoms with E-state index in [2.05, 4.69) is 15.7 Å². The van der Waals surface area contributed by atoms with Crippen molar-refractivity contribution >= 4 is 25.5 Å². The topological polar surface area (TPSA) is 174 Å². The van der Waals surface area contributed by atoms with Gasteiger partial charge in [-0.25, -0.2) is 14.7 Å². The van der Waals surface area contributed by atoms with Gasteiger partial charge in [-0.3, -0.25) is 9.36 Å². The number of rotatable bonds is 12. The number of hydrogen-bond acceptors (Lipinski definition) is 6. The molecular weight excluding hydrogens is 417 g/mol. The van der Waals surface area contributed by atoms with Crippen molar-refractivity contribution in [3.63, 3.8) is 0 Å². The van der Waals surface area contributed by atoms with Crippen LogP contribution >= 0.6 is 7.52 Å². The van der Waals surface area contributed by atoms with Crippen molar-refractivity contribution in [2.24, 2.45) is 5.92 Å². The first-order chi connectivity index (χ1) is 14.0. The Labute approximate surface area is 174 Å². The van der Waals surface area contributed by atoms with Crippen LogP contribution in [0.15, 0.2) is 30.3 Å². The smallest absolute Gasteiger partial charge is 0.407 e. The van der Waals surface area contributed by atoms with Crippen LogP contribution in [0.4, 0.5) is 4.79 Å². The Bertz CT molecular complexity index is 759. The van der Waals surface area contributed by atoms with Gasteiger partial charge in [-0.2, -0.15) is 0 Å². The zero-order chi connectivity index (χ0) is 22.7. The number of hydrogen-bond donors (Lipinski definition) is 6. The van der Waals surface area contributed by atoms with Gasteiger partial charge in [0.05, 0.1) is 6.61 Å². The summed E-state index contributed by atoms with van der Waals surface area (Å²) in [5.41, 5.74) is 0.726. The van der Waals surface area contributed by atoms with Crippen molar-refractivity contribution in [3.05, 3.63) is 35.9 Å². The standard InChI is InChI=1S/C18H28N3O8P/c1-12(2)8-14(17(24)25)20-16(23)15(9-22)21-30(27,28)11-19-18(26)29-10-13-6-4-3-5-7-13/h3-7,12,14-15,22H,8-11H2,1-2H3,(H,19,26)(H,20,23)(H,24,25)(H2,21,27,28)/t14-,15-/m0/s1. The van der Waals surface area contributed by atoms with E-state index in [1.165, 1.54) is 0 Å². The molecule has 0 aliphatic carbocycles. The van der Waals surface area contributed by atoms with Gasteiger partial charge in [0.15, 0.2) is 0 Å². The summed E-state index contributed by atoms with van der Waals surface area (Å²) < 4.78 is 17.1. The second kappa shape index (κ2) is 12.3. The van der Waals surface area contributed by atoms with E-state index in [0.717, 1.165) is 5.56 Å². The van der Waals surface area contributed by atoms with Gasteiger partial charge in [-0.1, -0.05) is 44.2 Å². The molecule has 0 aliphatic heterocycles. The van der Waals surface area contributed by atoms with E-state index in [4.69, 9.17) is 4.74 Å². The van der Waals surface area contributed by atoms with Crippen LogP contribution in [0.5, 0.6) is 0 Å². The van der Waals surface area contributed by atoms with Crippen LogP contribution in [-0.4, -0.2) is 58.1 Å². The average Bonchev–Trinajstić information content (AvgIpc) is 2.68. The zero-order valence-electron chi connectivity index (χ0n) is 16.8. The Morgan fingerprint density at radius 2 is 1.77 bits per heavy atom. The molecule has 0 saturated heterocycles. The Kier molecular flexibility index (Phi) is 10.5. The Hall–Kier alpha value is -2.46. The summed E-state index contributed by atoms with van der Waals surface area (Å²) in [4.78, 5) is 45.1. The molecule has 0 saturated carbocycles. The monoisotopic (exact) mass is 445 g/mol. The van der Waals surface area contributed by atoms with Crippen molar-refractivity contribution in [1.82, 2.24) is 15.7 Å². The van der Waals surface area contributed by atoms with Gasteiger partial charge in [0.1, 0.15) is 25.0 Å². The third-order valence-electron chi connectivity index (χ3n) is 3.83.